The van der Waals surface area contributed by atoms with Crippen molar-refractivity contribution in [3.8, 4) is 5.75 Å². The van der Waals surface area contributed by atoms with E-state index in [0.29, 0.717) is 23.1 Å². The van der Waals surface area contributed by atoms with Crippen LogP contribution < -0.4 is 10.1 Å². The third kappa shape index (κ3) is 5.38. The summed E-state index contributed by atoms with van der Waals surface area (Å²) in [5.41, 5.74) is 0.625. The predicted octanol–water partition coefficient (Wildman–Crippen LogP) is 2.43. The Kier molecular flexibility index (Phi) is 5.23. The van der Waals surface area contributed by atoms with Gasteiger partial charge in [-0.2, -0.15) is 0 Å². The molecule has 0 bridgehead atoms. The maximum Gasteiger partial charge on any atom is 0.573 e. The number of benzene rings is 1. The molecule has 1 rings (SSSR count). The number of rotatable bonds is 5. The zero-order chi connectivity index (χ0) is 12.9. The number of aliphatic hydroxyl groups excluding tert-OH is 1. The minimum atomic E-state index is -4.69. The summed E-state index contributed by atoms with van der Waals surface area (Å²) >= 11 is 3.22. The molecule has 0 aliphatic carbocycles. The number of aliphatic hydroxyl groups is 1. The highest BCUT2D eigenvalue weighted by atomic mass is 79.9. The van der Waals surface area contributed by atoms with Crippen LogP contribution in [0.1, 0.15) is 5.56 Å². The zero-order valence-corrected chi connectivity index (χ0v) is 10.3. The van der Waals surface area contributed by atoms with Crippen molar-refractivity contribution in [2.45, 2.75) is 12.9 Å². The highest BCUT2D eigenvalue weighted by molar-refractivity contribution is 9.10. The first kappa shape index (κ1) is 14.3. The summed E-state index contributed by atoms with van der Waals surface area (Å²) in [6.07, 6.45) is -4.69. The Bertz CT molecular complexity index is 371. The van der Waals surface area contributed by atoms with Crippen molar-refractivity contribution in [2.75, 3.05) is 13.2 Å². The van der Waals surface area contributed by atoms with Crippen LogP contribution in [-0.4, -0.2) is 24.6 Å². The molecule has 3 nitrogen and oxygen atoms in total. The van der Waals surface area contributed by atoms with E-state index in [4.69, 9.17) is 5.11 Å². The smallest absolute Gasteiger partial charge is 0.406 e. The minimum absolute atomic E-state index is 0.0314. The second kappa shape index (κ2) is 6.23. The summed E-state index contributed by atoms with van der Waals surface area (Å²) in [5.74, 6) is -0.263. The first-order chi connectivity index (χ1) is 7.92. The number of alkyl halides is 3. The standard InChI is InChI=1S/C10H11BrF3NO2/c11-9-2-1-8(17-10(12,13)14)5-7(9)6-15-3-4-16/h1-2,5,15-16H,3-4,6H2. The van der Waals surface area contributed by atoms with Crippen LogP contribution >= 0.6 is 15.9 Å². The van der Waals surface area contributed by atoms with E-state index >= 15 is 0 Å². The molecule has 0 amide bonds. The molecule has 0 aromatic heterocycles. The lowest BCUT2D eigenvalue weighted by Gasteiger charge is -2.11. The number of hydrogen-bond acceptors (Lipinski definition) is 3. The number of ether oxygens (including phenoxy) is 1. The Balaban J connectivity index is 2.72. The molecule has 1 aromatic rings. The first-order valence-corrected chi connectivity index (χ1v) is 5.57. The van der Waals surface area contributed by atoms with Gasteiger partial charge >= 0.3 is 6.36 Å². The van der Waals surface area contributed by atoms with Crippen LogP contribution in [0.25, 0.3) is 0 Å². The van der Waals surface area contributed by atoms with Gasteiger partial charge < -0.3 is 15.2 Å². The normalized spacial score (nSPS) is 11.6. The lowest BCUT2D eigenvalue weighted by molar-refractivity contribution is -0.274. The molecule has 0 atom stereocenters. The molecule has 0 saturated carbocycles. The van der Waals surface area contributed by atoms with Crippen molar-refractivity contribution < 1.29 is 23.0 Å². The van der Waals surface area contributed by atoms with Gasteiger partial charge in [-0.05, 0) is 23.8 Å². The van der Waals surface area contributed by atoms with Crippen molar-refractivity contribution in [2.24, 2.45) is 0 Å². The monoisotopic (exact) mass is 313 g/mol. The predicted molar refractivity (Wildman–Crippen MR) is 59.6 cm³/mol. The molecule has 0 spiro atoms. The number of halogens is 4. The van der Waals surface area contributed by atoms with E-state index < -0.39 is 6.36 Å². The molecule has 2 N–H and O–H groups in total. The van der Waals surface area contributed by atoms with Gasteiger partial charge in [0.1, 0.15) is 5.75 Å². The highest BCUT2D eigenvalue weighted by Crippen LogP contribution is 2.27. The van der Waals surface area contributed by atoms with Crippen LogP contribution in [0, 0.1) is 0 Å². The van der Waals surface area contributed by atoms with E-state index in [0.717, 1.165) is 0 Å². The van der Waals surface area contributed by atoms with Crippen molar-refractivity contribution in [3.05, 3.63) is 28.2 Å². The Hall–Kier alpha value is -0.790. The van der Waals surface area contributed by atoms with Gasteiger partial charge in [0.25, 0.3) is 0 Å². The fourth-order valence-corrected chi connectivity index (χ4v) is 1.57. The van der Waals surface area contributed by atoms with E-state index in [1.807, 2.05) is 0 Å². The molecule has 7 heteroatoms. The fraction of sp³-hybridized carbons (Fsp3) is 0.400. The van der Waals surface area contributed by atoms with Crippen molar-refractivity contribution >= 4 is 15.9 Å². The first-order valence-electron chi connectivity index (χ1n) is 4.78. The van der Waals surface area contributed by atoms with Gasteiger partial charge in [-0.3, -0.25) is 0 Å². The van der Waals surface area contributed by atoms with Crippen LogP contribution in [0.2, 0.25) is 0 Å². The molecule has 0 aliphatic rings. The van der Waals surface area contributed by atoms with Gasteiger partial charge in [-0.15, -0.1) is 13.2 Å². The minimum Gasteiger partial charge on any atom is -0.406 e. The van der Waals surface area contributed by atoms with Gasteiger partial charge in [0, 0.05) is 17.6 Å². The molecular weight excluding hydrogens is 303 g/mol. The van der Waals surface area contributed by atoms with Crippen LogP contribution in [-0.2, 0) is 6.54 Å². The van der Waals surface area contributed by atoms with E-state index in [1.54, 1.807) is 0 Å². The van der Waals surface area contributed by atoms with E-state index in [1.165, 1.54) is 18.2 Å². The third-order valence-corrected chi connectivity index (χ3v) is 2.63. The molecule has 96 valence electrons. The molecule has 0 radical (unpaired) electrons. The van der Waals surface area contributed by atoms with Gasteiger partial charge in [-0.25, -0.2) is 0 Å². The highest BCUT2D eigenvalue weighted by Gasteiger charge is 2.31. The molecule has 1 aromatic carbocycles. The summed E-state index contributed by atoms with van der Waals surface area (Å²) in [7, 11) is 0. The maximum atomic E-state index is 12.0. The zero-order valence-electron chi connectivity index (χ0n) is 8.72. The van der Waals surface area contributed by atoms with E-state index in [-0.39, 0.29) is 12.4 Å². The third-order valence-electron chi connectivity index (χ3n) is 1.85. The Morgan fingerprint density at radius 2 is 2.06 bits per heavy atom. The van der Waals surface area contributed by atoms with Crippen molar-refractivity contribution in [3.63, 3.8) is 0 Å². The molecule has 0 aliphatic heterocycles. The van der Waals surface area contributed by atoms with Gasteiger partial charge in [0.2, 0.25) is 0 Å². The summed E-state index contributed by atoms with van der Waals surface area (Å²) in [6, 6.07) is 4.01. The second-order valence-corrected chi connectivity index (χ2v) is 4.06. The molecule has 17 heavy (non-hydrogen) atoms. The summed E-state index contributed by atoms with van der Waals surface area (Å²) in [6.45, 7) is 0.684. The van der Waals surface area contributed by atoms with Gasteiger partial charge in [0.15, 0.2) is 0 Å². The van der Waals surface area contributed by atoms with Crippen LogP contribution in [0.15, 0.2) is 22.7 Å². The van der Waals surface area contributed by atoms with Gasteiger partial charge in [-0.1, -0.05) is 15.9 Å². The van der Waals surface area contributed by atoms with Crippen molar-refractivity contribution in [1.29, 1.82) is 0 Å². The molecule has 0 unspecified atom stereocenters. The number of nitrogens with one attached hydrogen (secondary N) is 1. The fourth-order valence-electron chi connectivity index (χ4n) is 1.19. The van der Waals surface area contributed by atoms with Gasteiger partial charge in [0.05, 0.1) is 6.61 Å². The summed E-state index contributed by atoms with van der Waals surface area (Å²) < 4.78 is 40.5. The molecule has 0 fully saturated rings. The average Bonchev–Trinajstić information content (AvgIpc) is 2.21. The lowest BCUT2D eigenvalue weighted by atomic mass is 10.2. The Labute approximate surface area is 105 Å². The van der Waals surface area contributed by atoms with Crippen molar-refractivity contribution in [1.82, 2.24) is 5.32 Å². The van der Waals surface area contributed by atoms with Crippen LogP contribution in [0.5, 0.6) is 5.75 Å². The summed E-state index contributed by atoms with van der Waals surface area (Å²) in [5, 5.41) is 11.4. The molecule has 0 heterocycles. The number of hydrogen-bond donors (Lipinski definition) is 2. The Morgan fingerprint density at radius 3 is 2.65 bits per heavy atom. The van der Waals surface area contributed by atoms with E-state index in [9.17, 15) is 13.2 Å². The maximum absolute atomic E-state index is 12.0. The second-order valence-electron chi connectivity index (χ2n) is 3.20. The average molecular weight is 314 g/mol. The summed E-state index contributed by atoms with van der Waals surface area (Å²) in [4.78, 5) is 0. The molecular formula is C10H11BrF3NO2. The lowest BCUT2D eigenvalue weighted by Crippen LogP contribution is -2.19. The topological polar surface area (TPSA) is 41.5 Å². The van der Waals surface area contributed by atoms with Crippen LogP contribution in [0.3, 0.4) is 0 Å². The van der Waals surface area contributed by atoms with Crippen LogP contribution in [0.4, 0.5) is 13.2 Å². The Morgan fingerprint density at radius 1 is 1.35 bits per heavy atom. The largest absolute Gasteiger partial charge is 0.573 e. The molecule has 0 saturated heterocycles. The SMILES string of the molecule is OCCNCc1cc(OC(F)(F)F)ccc1Br. The quantitative estimate of drug-likeness (QED) is 0.820. The van der Waals surface area contributed by atoms with E-state index in [2.05, 4.69) is 26.0 Å².